The maximum Gasteiger partial charge on any atom is 0.273 e. The van der Waals surface area contributed by atoms with E-state index in [2.05, 4.69) is 30.2 Å². The molecule has 2 aromatic heterocycles. The maximum absolute atomic E-state index is 15.7. The molecule has 1 saturated carbocycles. The Hall–Kier alpha value is -4.04. The number of hydrogen-bond donors (Lipinski definition) is 2. The fraction of sp³-hybridized carbons (Fsp3) is 0.545. The third kappa shape index (κ3) is 8.28. The molecule has 0 bridgehead atoms. The topological polar surface area (TPSA) is 142 Å². The molecule has 2 aliphatic rings. The molecule has 1 aliphatic heterocycles. The molecule has 3 atom stereocenters. The molecule has 14 heteroatoms. The highest BCUT2D eigenvalue weighted by Gasteiger charge is 2.35. The first-order valence-electron chi connectivity index (χ1n) is 16.4. The smallest absolute Gasteiger partial charge is 0.273 e. The van der Waals surface area contributed by atoms with Crippen LogP contribution in [0.15, 0.2) is 35.8 Å². The highest BCUT2D eigenvalue weighted by Crippen LogP contribution is 2.34. The van der Waals surface area contributed by atoms with Gasteiger partial charge in [0, 0.05) is 62.6 Å². The average molecular weight is 667 g/mol. The lowest BCUT2D eigenvalue weighted by molar-refractivity contribution is -0.135. The molecule has 0 unspecified atom stereocenters. The summed E-state index contributed by atoms with van der Waals surface area (Å²) in [5.74, 6) is -3.20. The minimum atomic E-state index is -0.981. The summed E-state index contributed by atoms with van der Waals surface area (Å²) in [5, 5.41) is 15.1. The second-order valence-corrected chi connectivity index (χ2v) is 13.2. The van der Waals surface area contributed by atoms with E-state index in [1.165, 1.54) is 17.5 Å². The lowest BCUT2D eigenvalue weighted by atomic mass is 9.77. The van der Waals surface area contributed by atoms with E-state index in [1.54, 1.807) is 34.8 Å². The summed E-state index contributed by atoms with van der Waals surface area (Å²) in [6, 6.07) is 5.12. The van der Waals surface area contributed by atoms with Gasteiger partial charge in [-0.3, -0.25) is 23.9 Å². The van der Waals surface area contributed by atoms with Gasteiger partial charge in [-0.1, -0.05) is 36.7 Å². The van der Waals surface area contributed by atoms with Crippen molar-refractivity contribution in [1.29, 1.82) is 0 Å². The van der Waals surface area contributed by atoms with Crippen LogP contribution in [0.25, 0.3) is 0 Å². The van der Waals surface area contributed by atoms with E-state index in [1.807, 2.05) is 14.0 Å². The molecule has 47 heavy (non-hydrogen) atoms. The number of ketones is 1. The summed E-state index contributed by atoms with van der Waals surface area (Å²) in [6.45, 7) is 6.63. The minimum Gasteiger partial charge on any atom is -0.338 e. The summed E-state index contributed by atoms with van der Waals surface area (Å²) in [6.07, 6.45) is 6.33. The van der Waals surface area contributed by atoms with Gasteiger partial charge >= 0.3 is 0 Å². The molecule has 3 heterocycles. The largest absolute Gasteiger partial charge is 0.338 e. The van der Waals surface area contributed by atoms with E-state index < -0.39 is 29.6 Å². The van der Waals surface area contributed by atoms with E-state index in [0.29, 0.717) is 44.0 Å². The number of halogens is 1. The predicted molar refractivity (Wildman–Crippen MR) is 176 cm³/mol. The first kappa shape index (κ1) is 34.3. The molecule has 5 rings (SSSR count). The lowest BCUT2D eigenvalue weighted by Crippen LogP contribution is -2.55. The molecule has 1 aromatic carbocycles. The van der Waals surface area contributed by atoms with Gasteiger partial charge in [-0.25, -0.2) is 4.39 Å². The first-order chi connectivity index (χ1) is 22.7. The molecule has 12 nitrogen and oxygen atoms in total. The minimum absolute atomic E-state index is 0.00247. The zero-order chi connectivity index (χ0) is 33.5. The van der Waals surface area contributed by atoms with Crippen LogP contribution < -0.4 is 10.6 Å². The number of amides is 3. The summed E-state index contributed by atoms with van der Waals surface area (Å²) in [7, 11) is 1.99. The molecule has 3 aromatic rings. The van der Waals surface area contributed by atoms with E-state index in [-0.39, 0.29) is 41.3 Å². The molecule has 3 amide bonds. The van der Waals surface area contributed by atoms with Crippen LogP contribution in [0.2, 0.25) is 0 Å². The Labute approximate surface area is 278 Å². The second kappa shape index (κ2) is 15.7. The molecule has 0 radical (unpaired) electrons. The lowest BCUT2D eigenvalue weighted by Gasteiger charge is -2.36. The highest BCUT2D eigenvalue weighted by atomic mass is 32.1. The van der Waals surface area contributed by atoms with Gasteiger partial charge in [-0.15, -0.1) is 5.10 Å². The number of carbonyl (C=O) groups excluding carboxylic acids is 4. The molecule has 1 saturated heterocycles. The molecular formula is C33H43FN8O4S. The molecule has 252 valence electrons. The third-order valence-electron chi connectivity index (χ3n) is 9.50. The quantitative estimate of drug-likeness (QED) is 0.277. The number of rotatable bonds is 12. The number of benzene rings is 1. The fourth-order valence-corrected chi connectivity index (χ4v) is 7.01. The normalized spacial score (nSPS) is 17.9. The number of nitrogens with one attached hydrogen (secondary N) is 2. The van der Waals surface area contributed by atoms with Gasteiger partial charge < -0.3 is 20.4 Å². The van der Waals surface area contributed by atoms with Crippen molar-refractivity contribution in [2.45, 2.75) is 70.9 Å². The molecule has 0 spiro atoms. The van der Waals surface area contributed by atoms with Crippen molar-refractivity contribution in [3.05, 3.63) is 58.6 Å². The van der Waals surface area contributed by atoms with Crippen LogP contribution >= 0.6 is 11.5 Å². The van der Waals surface area contributed by atoms with Crippen molar-refractivity contribution in [1.82, 2.24) is 34.5 Å². The van der Waals surface area contributed by atoms with Gasteiger partial charge in [0.2, 0.25) is 11.8 Å². The summed E-state index contributed by atoms with van der Waals surface area (Å²) in [4.78, 5) is 57.6. The number of anilines is 1. The Kier molecular flexibility index (Phi) is 11.5. The molecule has 2 N–H and O–H groups in total. The summed E-state index contributed by atoms with van der Waals surface area (Å²) in [5.41, 5.74) is 1.05. The van der Waals surface area contributed by atoms with E-state index in [9.17, 15) is 19.2 Å². The Bertz CT molecular complexity index is 1550. The van der Waals surface area contributed by atoms with Crippen LogP contribution in [-0.2, 0) is 16.1 Å². The van der Waals surface area contributed by atoms with Gasteiger partial charge in [0.15, 0.2) is 11.5 Å². The van der Waals surface area contributed by atoms with Crippen LogP contribution in [0.3, 0.4) is 0 Å². The zero-order valence-electron chi connectivity index (χ0n) is 27.2. The Morgan fingerprint density at radius 2 is 1.81 bits per heavy atom. The van der Waals surface area contributed by atoms with Crippen LogP contribution in [0.1, 0.15) is 84.8 Å². The van der Waals surface area contributed by atoms with Gasteiger partial charge in [0.25, 0.3) is 5.91 Å². The van der Waals surface area contributed by atoms with Gasteiger partial charge in [0.1, 0.15) is 17.6 Å². The van der Waals surface area contributed by atoms with Crippen molar-refractivity contribution in [2.75, 3.05) is 38.5 Å². The van der Waals surface area contributed by atoms with E-state index >= 15 is 4.39 Å². The van der Waals surface area contributed by atoms with Crippen LogP contribution in [0.5, 0.6) is 0 Å². The van der Waals surface area contributed by atoms with Gasteiger partial charge in [0.05, 0.1) is 5.69 Å². The third-order valence-corrected chi connectivity index (χ3v) is 10.0. The number of aromatic nitrogens is 4. The standard InChI is InChI=1S/C33H43FN8O4S/c1-4-42-28(12-13-35-42)29(43)19-24(22-8-6-5-7-9-22)31(44)36-26-11-10-23(18-25(26)34)21(2)30(37-32(45)27-20-47-39-38-27)33(46)41-16-14-40(3)15-17-41/h10-13,18,20-22,24,30H,4-9,14-17,19H2,1-3H3,(H,36,44)(H,37,45)/t21-,24-,30+/m0/s1. The zero-order valence-corrected chi connectivity index (χ0v) is 28.0. The SMILES string of the molecule is CCn1nccc1C(=O)C[C@H](C(=O)Nc1ccc([C@H](C)[C@@H](NC(=O)c2csnn2)C(=O)N2CCN(C)CC2)cc1F)C1CCCCC1. The van der Waals surface area contributed by atoms with Crippen LogP contribution in [0, 0.1) is 17.7 Å². The Balaban J connectivity index is 1.33. The number of carbonyl (C=O) groups is 4. The fourth-order valence-electron chi connectivity index (χ4n) is 6.57. The van der Waals surface area contributed by atoms with Crippen molar-refractivity contribution in [3.8, 4) is 0 Å². The first-order valence-corrected chi connectivity index (χ1v) is 17.2. The number of hydrogen-bond acceptors (Lipinski definition) is 9. The Morgan fingerprint density at radius 3 is 2.47 bits per heavy atom. The van der Waals surface area contributed by atoms with Crippen molar-refractivity contribution in [3.63, 3.8) is 0 Å². The van der Waals surface area contributed by atoms with Crippen LogP contribution in [0.4, 0.5) is 10.1 Å². The van der Waals surface area contributed by atoms with E-state index in [0.717, 1.165) is 43.6 Å². The molecular weight excluding hydrogens is 623 g/mol. The van der Waals surface area contributed by atoms with Gasteiger partial charge in [-0.2, -0.15) is 5.10 Å². The van der Waals surface area contributed by atoms with Crippen molar-refractivity contribution in [2.24, 2.45) is 11.8 Å². The number of Topliss-reactive ketones (excluding diaryl/α,β-unsaturated/α-hetero) is 1. The maximum atomic E-state index is 15.7. The van der Waals surface area contributed by atoms with E-state index in [4.69, 9.17) is 0 Å². The number of aryl methyl sites for hydroxylation is 1. The summed E-state index contributed by atoms with van der Waals surface area (Å²) >= 11 is 1.03. The number of piperazine rings is 1. The number of nitrogens with zero attached hydrogens (tertiary/aromatic N) is 6. The molecule has 1 aliphatic carbocycles. The average Bonchev–Trinajstić information content (AvgIpc) is 3.80. The number of likely N-dealkylation sites (N-methyl/N-ethyl adjacent to an activating group) is 1. The van der Waals surface area contributed by atoms with Crippen molar-refractivity contribution >= 4 is 40.7 Å². The van der Waals surface area contributed by atoms with Crippen LogP contribution in [-0.4, -0.2) is 91.9 Å². The predicted octanol–water partition coefficient (Wildman–Crippen LogP) is 3.98. The highest BCUT2D eigenvalue weighted by molar-refractivity contribution is 7.03. The van der Waals surface area contributed by atoms with Crippen molar-refractivity contribution < 1.29 is 23.6 Å². The van der Waals surface area contributed by atoms with Gasteiger partial charge in [-0.05, 0) is 68.0 Å². The monoisotopic (exact) mass is 666 g/mol. The summed E-state index contributed by atoms with van der Waals surface area (Å²) < 4.78 is 21.1. The Morgan fingerprint density at radius 1 is 1.06 bits per heavy atom. The second-order valence-electron chi connectivity index (χ2n) is 12.6. The molecule has 2 fully saturated rings.